The summed E-state index contributed by atoms with van der Waals surface area (Å²) in [5, 5.41) is 0.442. The van der Waals surface area contributed by atoms with Crippen molar-refractivity contribution in [2.24, 2.45) is 0 Å². The van der Waals surface area contributed by atoms with Gasteiger partial charge in [0, 0.05) is 25.3 Å². The van der Waals surface area contributed by atoms with E-state index in [9.17, 15) is 9.59 Å². The fraction of sp³-hybridized carbons (Fsp3) is 0.400. The van der Waals surface area contributed by atoms with Gasteiger partial charge in [0.1, 0.15) is 12.6 Å². The number of amides is 3. The molecule has 1 aromatic heterocycles. The molecule has 2 fully saturated rings. The van der Waals surface area contributed by atoms with Gasteiger partial charge in [-0.05, 0) is 25.0 Å². The molecule has 0 radical (unpaired) electrons. The Labute approximate surface area is 174 Å². The minimum absolute atomic E-state index is 0.0708. The van der Waals surface area contributed by atoms with Gasteiger partial charge in [0.15, 0.2) is 0 Å². The van der Waals surface area contributed by atoms with Crippen molar-refractivity contribution in [2.45, 2.75) is 18.9 Å². The minimum Gasteiger partial charge on any atom is -0.458 e. The van der Waals surface area contributed by atoms with Gasteiger partial charge in [-0.2, -0.15) is 0 Å². The molecule has 0 bridgehead atoms. The van der Waals surface area contributed by atoms with Crippen LogP contribution in [-0.4, -0.2) is 70.5 Å². The number of aromatic nitrogens is 2. The van der Waals surface area contributed by atoms with Crippen LogP contribution in [-0.2, 0) is 4.79 Å². The van der Waals surface area contributed by atoms with Crippen molar-refractivity contribution in [3.8, 4) is 6.01 Å². The number of anilines is 1. The van der Waals surface area contributed by atoms with E-state index in [1.807, 2.05) is 30.3 Å². The van der Waals surface area contributed by atoms with Crippen LogP contribution in [0.1, 0.15) is 12.8 Å². The quantitative estimate of drug-likeness (QED) is 0.749. The van der Waals surface area contributed by atoms with E-state index in [1.54, 1.807) is 14.7 Å². The number of piperidine rings is 1. The molecule has 0 aliphatic carbocycles. The summed E-state index contributed by atoms with van der Waals surface area (Å²) < 4.78 is 5.79. The summed E-state index contributed by atoms with van der Waals surface area (Å²) in [4.78, 5) is 38.6. The number of carbonyl (C=O) groups is 2. The first-order chi connectivity index (χ1) is 14.1. The van der Waals surface area contributed by atoms with Crippen LogP contribution in [0.2, 0.25) is 5.02 Å². The number of likely N-dealkylation sites (tertiary alicyclic amines) is 1. The number of ether oxygens (including phenoxy) is 1. The first kappa shape index (κ1) is 19.4. The van der Waals surface area contributed by atoms with Gasteiger partial charge >= 0.3 is 12.0 Å². The Kier molecular flexibility index (Phi) is 5.80. The van der Waals surface area contributed by atoms with E-state index in [4.69, 9.17) is 16.3 Å². The third-order valence-electron chi connectivity index (χ3n) is 5.09. The highest BCUT2D eigenvalue weighted by Gasteiger charge is 2.33. The molecule has 3 amide bonds. The van der Waals surface area contributed by atoms with Crippen LogP contribution in [0.4, 0.5) is 10.5 Å². The highest BCUT2D eigenvalue weighted by molar-refractivity contribution is 6.30. The lowest BCUT2D eigenvalue weighted by Gasteiger charge is -2.33. The van der Waals surface area contributed by atoms with Gasteiger partial charge in [0.2, 0.25) is 5.91 Å². The van der Waals surface area contributed by atoms with Crippen molar-refractivity contribution in [1.82, 2.24) is 19.8 Å². The number of para-hydroxylation sites is 1. The molecular formula is C20H22ClN5O3. The third kappa shape index (κ3) is 4.59. The van der Waals surface area contributed by atoms with Crippen molar-refractivity contribution in [3.63, 3.8) is 0 Å². The van der Waals surface area contributed by atoms with Gasteiger partial charge in [0.25, 0.3) is 0 Å². The number of hydrogen-bond acceptors (Lipinski definition) is 5. The van der Waals surface area contributed by atoms with Crippen LogP contribution in [0.15, 0.2) is 42.7 Å². The highest BCUT2D eigenvalue weighted by atomic mass is 35.5. The van der Waals surface area contributed by atoms with Crippen molar-refractivity contribution in [1.29, 1.82) is 0 Å². The van der Waals surface area contributed by atoms with Crippen molar-refractivity contribution in [3.05, 3.63) is 47.7 Å². The smallest absolute Gasteiger partial charge is 0.325 e. The SMILES string of the molecule is O=C(CN1CCN(c2ccccc2)C1=O)N1CCC[C@@H](Oc2ncc(Cl)cn2)C1. The van der Waals surface area contributed by atoms with Crippen LogP contribution < -0.4 is 9.64 Å². The summed E-state index contributed by atoms with van der Waals surface area (Å²) >= 11 is 5.79. The zero-order valence-corrected chi connectivity index (χ0v) is 16.7. The lowest BCUT2D eigenvalue weighted by atomic mass is 10.1. The predicted octanol–water partition coefficient (Wildman–Crippen LogP) is 2.44. The van der Waals surface area contributed by atoms with Gasteiger partial charge in [-0.3, -0.25) is 9.69 Å². The molecule has 2 aromatic rings. The lowest BCUT2D eigenvalue weighted by Crippen LogP contribution is -2.48. The van der Waals surface area contributed by atoms with Crippen LogP contribution in [0.25, 0.3) is 0 Å². The van der Waals surface area contributed by atoms with Crippen LogP contribution in [0.5, 0.6) is 6.01 Å². The zero-order chi connectivity index (χ0) is 20.2. The number of benzene rings is 1. The molecule has 1 atom stereocenters. The Bertz CT molecular complexity index is 864. The van der Waals surface area contributed by atoms with Gasteiger partial charge in [-0.15, -0.1) is 0 Å². The minimum atomic E-state index is -0.177. The molecule has 9 heteroatoms. The van der Waals surface area contributed by atoms with Gasteiger partial charge in [-0.1, -0.05) is 29.8 Å². The second-order valence-corrected chi connectivity index (χ2v) is 7.53. The average Bonchev–Trinajstić information content (AvgIpc) is 3.11. The van der Waals surface area contributed by atoms with Crippen molar-refractivity contribution < 1.29 is 14.3 Å². The Hall–Kier alpha value is -2.87. The summed E-state index contributed by atoms with van der Waals surface area (Å²) in [7, 11) is 0. The second kappa shape index (κ2) is 8.65. The molecule has 0 N–H and O–H groups in total. The largest absolute Gasteiger partial charge is 0.458 e. The number of halogens is 1. The maximum Gasteiger partial charge on any atom is 0.325 e. The second-order valence-electron chi connectivity index (χ2n) is 7.10. The van der Waals surface area contributed by atoms with E-state index < -0.39 is 0 Å². The Morgan fingerprint density at radius 3 is 2.66 bits per heavy atom. The van der Waals surface area contributed by atoms with Gasteiger partial charge in [-0.25, -0.2) is 14.8 Å². The Morgan fingerprint density at radius 1 is 1.14 bits per heavy atom. The fourth-order valence-corrected chi connectivity index (χ4v) is 3.71. The number of rotatable bonds is 5. The van der Waals surface area contributed by atoms with Crippen LogP contribution >= 0.6 is 11.6 Å². The van der Waals surface area contributed by atoms with E-state index in [0.29, 0.717) is 31.2 Å². The summed E-state index contributed by atoms with van der Waals surface area (Å²) in [5.74, 6) is -0.0708. The number of hydrogen-bond donors (Lipinski definition) is 0. The van der Waals surface area contributed by atoms with Crippen LogP contribution in [0.3, 0.4) is 0 Å². The number of carbonyl (C=O) groups excluding carboxylic acids is 2. The Balaban J connectivity index is 1.32. The average molecular weight is 416 g/mol. The molecule has 0 unspecified atom stereocenters. The number of urea groups is 1. The fourth-order valence-electron chi connectivity index (χ4n) is 3.61. The molecule has 29 heavy (non-hydrogen) atoms. The van der Waals surface area contributed by atoms with Gasteiger partial charge < -0.3 is 14.5 Å². The normalized spacial score (nSPS) is 19.6. The first-order valence-electron chi connectivity index (χ1n) is 9.63. The summed E-state index contributed by atoms with van der Waals surface area (Å²) in [6, 6.07) is 9.62. The molecule has 1 aromatic carbocycles. The molecule has 4 rings (SSSR count). The topological polar surface area (TPSA) is 78.9 Å². The van der Waals surface area contributed by atoms with Crippen molar-refractivity contribution in [2.75, 3.05) is 37.6 Å². The lowest BCUT2D eigenvalue weighted by molar-refractivity contribution is -0.134. The van der Waals surface area contributed by atoms with E-state index in [-0.39, 0.29) is 30.6 Å². The van der Waals surface area contributed by atoms with Gasteiger partial charge in [0.05, 0.1) is 24.0 Å². The zero-order valence-electron chi connectivity index (χ0n) is 15.9. The molecule has 8 nitrogen and oxygen atoms in total. The maximum absolute atomic E-state index is 12.8. The van der Waals surface area contributed by atoms with E-state index in [1.165, 1.54) is 12.4 Å². The molecule has 152 valence electrons. The summed E-state index contributed by atoms with van der Waals surface area (Å²) in [6.45, 7) is 2.30. The van der Waals surface area contributed by atoms with Crippen LogP contribution in [0, 0.1) is 0 Å². The highest BCUT2D eigenvalue weighted by Crippen LogP contribution is 2.21. The predicted molar refractivity (Wildman–Crippen MR) is 108 cm³/mol. The molecular weight excluding hydrogens is 394 g/mol. The molecule has 0 spiro atoms. The van der Waals surface area contributed by atoms with Crippen molar-refractivity contribution >= 4 is 29.2 Å². The molecule has 0 saturated carbocycles. The first-order valence-corrected chi connectivity index (χ1v) is 10.0. The standard InChI is InChI=1S/C20H22ClN5O3/c21-15-11-22-19(23-12-15)29-17-7-4-8-24(13-17)18(27)14-25-9-10-26(20(25)28)16-5-2-1-3-6-16/h1-3,5-6,11-12,17H,4,7-10,13-14H2/t17-/m1/s1. The van der Waals surface area contributed by atoms with E-state index in [0.717, 1.165) is 18.5 Å². The number of nitrogens with zero attached hydrogens (tertiary/aromatic N) is 5. The third-order valence-corrected chi connectivity index (χ3v) is 5.28. The van der Waals surface area contributed by atoms with E-state index in [2.05, 4.69) is 9.97 Å². The van der Waals surface area contributed by atoms with E-state index >= 15 is 0 Å². The Morgan fingerprint density at radius 2 is 1.90 bits per heavy atom. The molecule has 2 saturated heterocycles. The molecule has 3 heterocycles. The maximum atomic E-state index is 12.8. The summed E-state index contributed by atoms with van der Waals surface area (Å²) in [5.41, 5.74) is 0.849. The summed E-state index contributed by atoms with van der Waals surface area (Å²) in [6.07, 6.45) is 4.43. The monoisotopic (exact) mass is 415 g/mol. The molecule has 2 aliphatic rings. The molecule has 2 aliphatic heterocycles.